The van der Waals surface area contributed by atoms with Crippen LogP contribution in [-0.4, -0.2) is 33.5 Å². The van der Waals surface area contributed by atoms with E-state index in [-0.39, 0.29) is 12.5 Å². The summed E-state index contributed by atoms with van der Waals surface area (Å²) in [5, 5.41) is 5.51. The first-order valence-corrected chi connectivity index (χ1v) is 11.2. The van der Waals surface area contributed by atoms with Crippen LogP contribution in [0.15, 0.2) is 36.4 Å². The Morgan fingerprint density at radius 1 is 1.07 bits per heavy atom. The van der Waals surface area contributed by atoms with Gasteiger partial charge >= 0.3 is 6.03 Å². The maximum Gasteiger partial charge on any atom is 0.323 e. The van der Waals surface area contributed by atoms with Gasteiger partial charge in [0.2, 0.25) is 16.8 Å². The van der Waals surface area contributed by atoms with Gasteiger partial charge in [-0.05, 0) is 49.1 Å². The van der Waals surface area contributed by atoms with Gasteiger partial charge < -0.3 is 20.1 Å². The largest absolute Gasteiger partial charge is 0.454 e. The van der Waals surface area contributed by atoms with Crippen molar-refractivity contribution < 1.29 is 22.7 Å². The van der Waals surface area contributed by atoms with Crippen LogP contribution in [0.5, 0.6) is 11.5 Å². The number of nitrogens with one attached hydrogen (secondary N) is 2. The highest BCUT2D eigenvalue weighted by molar-refractivity contribution is 7.92. The van der Waals surface area contributed by atoms with E-state index >= 15 is 0 Å². The zero-order chi connectivity index (χ0) is 20.4. The van der Waals surface area contributed by atoms with Crippen LogP contribution in [0.1, 0.15) is 25.3 Å². The number of urea groups is 1. The van der Waals surface area contributed by atoms with Crippen LogP contribution in [-0.2, 0) is 16.4 Å². The summed E-state index contributed by atoms with van der Waals surface area (Å²) >= 11 is 0. The van der Waals surface area contributed by atoms with Gasteiger partial charge in [0, 0.05) is 24.0 Å². The molecule has 2 N–H and O–H groups in total. The number of carbonyl (C=O) groups is 1. The minimum Gasteiger partial charge on any atom is -0.454 e. The van der Waals surface area contributed by atoms with Crippen LogP contribution in [0.3, 0.4) is 0 Å². The molecule has 2 aromatic rings. The Balaban J connectivity index is 1.50. The Hall–Kier alpha value is -2.94. The summed E-state index contributed by atoms with van der Waals surface area (Å²) in [7, 11) is -3.37. The lowest BCUT2D eigenvalue weighted by Crippen LogP contribution is -2.37. The quantitative estimate of drug-likeness (QED) is 0.775. The van der Waals surface area contributed by atoms with E-state index in [2.05, 4.69) is 10.6 Å². The second-order valence-corrected chi connectivity index (χ2v) is 9.00. The molecule has 29 heavy (non-hydrogen) atoms. The number of nitrogens with zero attached hydrogens (tertiary/aromatic N) is 1. The number of amides is 2. The van der Waals surface area contributed by atoms with Crippen molar-refractivity contribution in [2.45, 2.75) is 26.2 Å². The molecule has 0 spiro atoms. The number of sulfonamides is 1. The predicted octanol–water partition coefficient (Wildman–Crippen LogP) is 3.55. The van der Waals surface area contributed by atoms with Crippen molar-refractivity contribution in [3.8, 4) is 11.5 Å². The number of fused-ring (bicyclic) bond motifs is 2. The minimum absolute atomic E-state index is 0.106. The van der Waals surface area contributed by atoms with Gasteiger partial charge in [-0.15, -0.1) is 0 Å². The molecule has 2 heterocycles. The lowest BCUT2D eigenvalue weighted by Gasteiger charge is -2.31. The predicted molar refractivity (Wildman–Crippen MR) is 111 cm³/mol. The molecule has 8 nitrogen and oxygen atoms in total. The number of ether oxygens (including phenoxy) is 2. The summed E-state index contributed by atoms with van der Waals surface area (Å²) in [5.74, 6) is 1.32. The van der Waals surface area contributed by atoms with Gasteiger partial charge in [0.1, 0.15) is 0 Å². The third-order valence-electron chi connectivity index (χ3n) is 4.85. The van der Waals surface area contributed by atoms with E-state index in [9.17, 15) is 13.2 Å². The van der Waals surface area contributed by atoms with Crippen LogP contribution in [0, 0.1) is 0 Å². The molecule has 0 atom stereocenters. The highest BCUT2D eigenvalue weighted by Gasteiger charge is 2.27. The summed E-state index contributed by atoms with van der Waals surface area (Å²) in [5.41, 5.74) is 2.71. The highest BCUT2D eigenvalue weighted by Crippen LogP contribution is 2.35. The number of benzene rings is 2. The molecule has 0 radical (unpaired) electrons. The summed E-state index contributed by atoms with van der Waals surface area (Å²) in [6.45, 7) is 2.47. The molecular weight excluding hydrogens is 394 g/mol. The topological polar surface area (TPSA) is 97.0 Å². The van der Waals surface area contributed by atoms with Crippen LogP contribution in [0.2, 0.25) is 0 Å². The van der Waals surface area contributed by atoms with E-state index in [1.165, 1.54) is 4.31 Å². The Morgan fingerprint density at radius 3 is 2.59 bits per heavy atom. The van der Waals surface area contributed by atoms with E-state index in [4.69, 9.17) is 9.47 Å². The Kier molecular flexibility index (Phi) is 5.23. The minimum atomic E-state index is -3.37. The van der Waals surface area contributed by atoms with Crippen molar-refractivity contribution in [1.29, 1.82) is 0 Å². The molecule has 0 aromatic heterocycles. The summed E-state index contributed by atoms with van der Waals surface area (Å²) < 4.78 is 37.3. The van der Waals surface area contributed by atoms with Crippen molar-refractivity contribution in [3.63, 3.8) is 0 Å². The molecule has 0 bridgehead atoms. The van der Waals surface area contributed by atoms with Crippen molar-refractivity contribution in [2.75, 3.05) is 34.0 Å². The Morgan fingerprint density at radius 2 is 1.79 bits per heavy atom. The van der Waals surface area contributed by atoms with Gasteiger partial charge in [0.25, 0.3) is 0 Å². The van der Waals surface area contributed by atoms with Crippen LogP contribution in [0.4, 0.5) is 21.9 Å². The number of hydrogen-bond acceptors (Lipinski definition) is 5. The maximum absolute atomic E-state index is 12.6. The van der Waals surface area contributed by atoms with Crippen LogP contribution in [0.25, 0.3) is 0 Å². The van der Waals surface area contributed by atoms with Gasteiger partial charge in [-0.2, -0.15) is 0 Å². The lowest BCUT2D eigenvalue weighted by molar-refractivity contribution is 0.174. The molecule has 2 aromatic carbocycles. The Bertz CT molecular complexity index is 1040. The highest BCUT2D eigenvalue weighted by atomic mass is 32.2. The third kappa shape index (κ3) is 4.09. The smallest absolute Gasteiger partial charge is 0.323 e. The first-order chi connectivity index (χ1) is 14.0. The molecule has 2 aliphatic rings. The molecule has 4 rings (SSSR count). The second kappa shape index (κ2) is 7.82. The summed E-state index contributed by atoms with van der Waals surface area (Å²) in [6, 6.07) is 10.1. The number of aryl methyl sites for hydroxylation is 1. The van der Waals surface area contributed by atoms with Crippen molar-refractivity contribution in [3.05, 3.63) is 42.0 Å². The summed E-state index contributed by atoms with van der Waals surface area (Å²) in [4.78, 5) is 12.4. The zero-order valence-electron chi connectivity index (χ0n) is 16.1. The van der Waals surface area contributed by atoms with Gasteiger partial charge in [0.15, 0.2) is 11.5 Å². The van der Waals surface area contributed by atoms with Crippen molar-refractivity contribution >= 4 is 33.1 Å². The molecule has 154 valence electrons. The van der Waals surface area contributed by atoms with Gasteiger partial charge in [0.05, 0.1) is 11.4 Å². The SMILES string of the molecule is CCCS(=O)(=O)N1CCCc2ccc(NC(=O)Nc3ccc4c(c3)OCO4)cc21. The molecular formula is C20H23N3O5S. The van der Waals surface area contributed by atoms with E-state index in [1.54, 1.807) is 30.3 Å². The van der Waals surface area contributed by atoms with Crippen molar-refractivity contribution in [2.24, 2.45) is 0 Å². The number of hydrogen-bond donors (Lipinski definition) is 2. The van der Waals surface area contributed by atoms with Gasteiger partial charge in [-0.1, -0.05) is 13.0 Å². The molecule has 2 aliphatic heterocycles. The zero-order valence-corrected chi connectivity index (χ0v) is 16.9. The lowest BCUT2D eigenvalue weighted by atomic mass is 10.0. The van der Waals surface area contributed by atoms with Gasteiger partial charge in [-0.25, -0.2) is 13.2 Å². The van der Waals surface area contributed by atoms with E-state index < -0.39 is 16.1 Å². The fourth-order valence-electron chi connectivity index (χ4n) is 3.54. The average Bonchev–Trinajstić information content (AvgIpc) is 3.15. The van der Waals surface area contributed by atoms with E-state index in [0.717, 1.165) is 18.4 Å². The Labute approximate surface area is 169 Å². The standard InChI is InChI=1S/C20H23N3O5S/c1-2-10-29(25,26)23-9-3-4-14-5-6-15(11-17(14)23)21-20(24)22-16-7-8-18-19(12-16)28-13-27-18/h5-8,11-12H,2-4,9-10,13H2,1H3,(H2,21,22,24). The molecule has 0 fully saturated rings. The van der Waals surface area contributed by atoms with E-state index in [1.807, 2.05) is 13.0 Å². The molecule has 0 aliphatic carbocycles. The van der Waals surface area contributed by atoms with Crippen LogP contribution < -0.4 is 24.4 Å². The molecule has 0 saturated carbocycles. The number of carbonyl (C=O) groups excluding carboxylic acids is 1. The second-order valence-electron chi connectivity index (χ2n) is 6.98. The van der Waals surface area contributed by atoms with E-state index in [0.29, 0.717) is 41.5 Å². The molecule has 2 amide bonds. The summed E-state index contributed by atoms with van der Waals surface area (Å²) in [6.07, 6.45) is 2.16. The van der Waals surface area contributed by atoms with Crippen molar-refractivity contribution in [1.82, 2.24) is 0 Å². The normalized spacial score (nSPS) is 15.0. The fourth-order valence-corrected chi connectivity index (χ4v) is 5.16. The average molecular weight is 417 g/mol. The van der Waals surface area contributed by atoms with Crippen LogP contribution >= 0.6 is 0 Å². The molecule has 0 saturated heterocycles. The third-order valence-corrected chi connectivity index (χ3v) is 6.82. The maximum atomic E-state index is 12.6. The monoisotopic (exact) mass is 417 g/mol. The number of anilines is 3. The number of rotatable bonds is 5. The fraction of sp³-hybridized carbons (Fsp3) is 0.350. The first-order valence-electron chi connectivity index (χ1n) is 9.57. The molecule has 0 unspecified atom stereocenters. The first kappa shape index (κ1) is 19.4. The van der Waals surface area contributed by atoms with Gasteiger partial charge in [-0.3, -0.25) is 4.31 Å². The molecule has 9 heteroatoms.